The molecule has 1 saturated carbocycles. The zero-order valence-corrected chi connectivity index (χ0v) is 11.5. The highest BCUT2D eigenvalue weighted by atomic mass is 19.2. The Morgan fingerprint density at radius 1 is 1.16 bits per heavy atom. The van der Waals surface area contributed by atoms with Crippen LogP contribution < -0.4 is 11.3 Å². The number of halogens is 2. The smallest absolute Gasteiger partial charge is 0.163 e. The van der Waals surface area contributed by atoms with Gasteiger partial charge in [0.25, 0.3) is 0 Å². The molecule has 0 saturated heterocycles. The maximum atomic E-state index is 13.9. The summed E-state index contributed by atoms with van der Waals surface area (Å²) in [4.78, 5) is 0. The van der Waals surface area contributed by atoms with E-state index in [9.17, 15) is 8.78 Å². The lowest BCUT2D eigenvalue weighted by atomic mass is 9.72. The van der Waals surface area contributed by atoms with Crippen LogP contribution in [0.1, 0.15) is 44.7 Å². The number of hydrogen-bond donors (Lipinski definition) is 2. The van der Waals surface area contributed by atoms with E-state index in [2.05, 4.69) is 19.3 Å². The van der Waals surface area contributed by atoms with Gasteiger partial charge in [-0.25, -0.2) is 8.78 Å². The first-order valence-electron chi connectivity index (χ1n) is 6.93. The normalized spacial score (nSPS) is 29.2. The molecule has 2 rings (SSSR count). The second-order valence-electron chi connectivity index (χ2n) is 5.96. The van der Waals surface area contributed by atoms with Crippen LogP contribution in [0.25, 0.3) is 0 Å². The fourth-order valence-electron chi connectivity index (χ4n) is 3.52. The molecule has 2 nitrogen and oxygen atoms in total. The van der Waals surface area contributed by atoms with Gasteiger partial charge in [0.05, 0.1) is 6.04 Å². The van der Waals surface area contributed by atoms with E-state index in [0.717, 1.165) is 18.9 Å². The average Bonchev–Trinajstić information content (AvgIpc) is 2.34. The molecule has 3 unspecified atom stereocenters. The maximum Gasteiger partial charge on any atom is 0.163 e. The molecule has 3 N–H and O–H groups in total. The average molecular weight is 268 g/mol. The maximum absolute atomic E-state index is 13.9. The molecule has 1 aliphatic rings. The quantitative estimate of drug-likeness (QED) is 0.650. The van der Waals surface area contributed by atoms with Gasteiger partial charge in [-0.2, -0.15) is 0 Å². The van der Waals surface area contributed by atoms with Crippen LogP contribution >= 0.6 is 0 Å². The molecule has 0 bridgehead atoms. The molecule has 0 spiro atoms. The molecule has 0 aliphatic heterocycles. The Hall–Kier alpha value is -1.00. The van der Waals surface area contributed by atoms with Crippen molar-refractivity contribution >= 4 is 0 Å². The first kappa shape index (κ1) is 14.4. The van der Waals surface area contributed by atoms with Crippen LogP contribution in [0.4, 0.5) is 8.78 Å². The van der Waals surface area contributed by atoms with Crippen molar-refractivity contribution in [1.29, 1.82) is 0 Å². The predicted molar refractivity (Wildman–Crippen MR) is 72.1 cm³/mol. The monoisotopic (exact) mass is 268 g/mol. The van der Waals surface area contributed by atoms with Crippen molar-refractivity contribution in [2.24, 2.45) is 23.6 Å². The Kier molecular flexibility index (Phi) is 4.53. The number of hydrazine groups is 1. The zero-order chi connectivity index (χ0) is 14.0. The van der Waals surface area contributed by atoms with Crippen LogP contribution in [0.5, 0.6) is 0 Å². The van der Waals surface area contributed by atoms with Crippen molar-refractivity contribution in [2.75, 3.05) is 0 Å². The summed E-state index contributed by atoms with van der Waals surface area (Å²) < 4.78 is 27.3. The second kappa shape index (κ2) is 5.97. The van der Waals surface area contributed by atoms with Gasteiger partial charge >= 0.3 is 0 Å². The van der Waals surface area contributed by atoms with Gasteiger partial charge in [0, 0.05) is 5.56 Å². The Morgan fingerprint density at radius 2 is 1.79 bits per heavy atom. The Balaban J connectivity index is 2.26. The van der Waals surface area contributed by atoms with E-state index < -0.39 is 11.6 Å². The molecule has 4 heteroatoms. The van der Waals surface area contributed by atoms with Crippen molar-refractivity contribution < 1.29 is 8.78 Å². The topological polar surface area (TPSA) is 38.0 Å². The van der Waals surface area contributed by atoms with Gasteiger partial charge in [0.15, 0.2) is 11.6 Å². The van der Waals surface area contributed by atoms with Gasteiger partial charge < -0.3 is 0 Å². The Labute approximate surface area is 113 Å². The lowest BCUT2D eigenvalue weighted by molar-refractivity contribution is 0.174. The fourth-order valence-corrected chi connectivity index (χ4v) is 3.52. The Bertz CT molecular complexity index is 426. The van der Waals surface area contributed by atoms with Crippen molar-refractivity contribution in [1.82, 2.24) is 5.43 Å². The molecule has 1 aliphatic carbocycles. The van der Waals surface area contributed by atoms with Gasteiger partial charge in [-0.15, -0.1) is 0 Å². The molecule has 1 fully saturated rings. The molecule has 0 amide bonds. The number of nitrogens with two attached hydrogens (primary N) is 1. The highest BCUT2D eigenvalue weighted by molar-refractivity contribution is 5.23. The molecule has 1 aromatic rings. The molecule has 0 heterocycles. The van der Waals surface area contributed by atoms with Crippen molar-refractivity contribution in [3.8, 4) is 0 Å². The minimum absolute atomic E-state index is 0.250. The van der Waals surface area contributed by atoms with Gasteiger partial charge in [-0.3, -0.25) is 11.3 Å². The minimum Gasteiger partial charge on any atom is -0.271 e. The third-order valence-electron chi connectivity index (χ3n) is 4.18. The number of hydrogen-bond acceptors (Lipinski definition) is 2. The van der Waals surface area contributed by atoms with Crippen LogP contribution in [0.15, 0.2) is 18.2 Å². The van der Waals surface area contributed by atoms with E-state index in [1.807, 2.05) is 0 Å². The van der Waals surface area contributed by atoms with E-state index in [1.165, 1.54) is 12.5 Å². The van der Waals surface area contributed by atoms with E-state index >= 15 is 0 Å². The van der Waals surface area contributed by atoms with Crippen LogP contribution in [0, 0.1) is 29.4 Å². The van der Waals surface area contributed by atoms with Crippen molar-refractivity contribution in [3.63, 3.8) is 0 Å². The molecule has 19 heavy (non-hydrogen) atoms. The van der Waals surface area contributed by atoms with Gasteiger partial charge in [-0.05, 0) is 43.1 Å². The first-order valence-corrected chi connectivity index (χ1v) is 6.93. The Morgan fingerprint density at radius 3 is 2.37 bits per heavy atom. The van der Waals surface area contributed by atoms with Gasteiger partial charge in [0.1, 0.15) is 0 Å². The zero-order valence-electron chi connectivity index (χ0n) is 11.5. The fraction of sp³-hybridized carbons (Fsp3) is 0.600. The number of benzene rings is 1. The summed E-state index contributed by atoms with van der Waals surface area (Å²) in [7, 11) is 0. The van der Waals surface area contributed by atoms with Crippen molar-refractivity contribution in [2.45, 2.75) is 39.2 Å². The van der Waals surface area contributed by atoms with E-state index in [-0.39, 0.29) is 12.0 Å². The number of rotatable bonds is 3. The third kappa shape index (κ3) is 3.12. The summed E-state index contributed by atoms with van der Waals surface area (Å²) >= 11 is 0. The molecule has 3 atom stereocenters. The minimum atomic E-state index is -0.811. The summed E-state index contributed by atoms with van der Waals surface area (Å²) in [5.41, 5.74) is 3.03. The first-order chi connectivity index (χ1) is 9.02. The molecule has 1 aromatic carbocycles. The lowest BCUT2D eigenvalue weighted by Gasteiger charge is -2.36. The third-order valence-corrected chi connectivity index (χ3v) is 4.18. The van der Waals surface area contributed by atoms with E-state index in [1.54, 1.807) is 6.07 Å². The predicted octanol–water partition coefficient (Wildman–Crippen LogP) is 3.54. The SMILES string of the molecule is CC1CC(C)CC(C(NN)c2cccc(F)c2F)C1. The molecular formula is C15H22F2N2. The molecule has 0 radical (unpaired) electrons. The largest absolute Gasteiger partial charge is 0.271 e. The van der Waals surface area contributed by atoms with Crippen molar-refractivity contribution in [3.05, 3.63) is 35.4 Å². The molecule has 0 aromatic heterocycles. The van der Waals surface area contributed by atoms with Crippen LogP contribution in [0.3, 0.4) is 0 Å². The van der Waals surface area contributed by atoms with Crippen LogP contribution in [-0.2, 0) is 0 Å². The summed E-state index contributed by atoms with van der Waals surface area (Å²) in [6.45, 7) is 4.41. The standard InChI is InChI=1S/C15H22F2N2/c1-9-6-10(2)8-11(7-9)15(19-18)12-4-3-5-13(16)14(12)17/h3-5,9-11,15,19H,6-8,18H2,1-2H3. The van der Waals surface area contributed by atoms with E-state index in [4.69, 9.17) is 5.84 Å². The lowest BCUT2D eigenvalue weighted by Crippen LogP contribution is -2.37. The number of nitrogens with one attached hydrogen (secondary N) is 1. The van der Waals surface area contributed by atoms with Gasteiger partial charge in [0.2, 0.25) is 0 Å². The second-order valence-corrected chi connectivity index (χ2v) is 5.96. The molecular weight excluding hydrogens is 246 g/mol. The van der Waals surface area contributed by atoms with E-state index in [0.29, 0.717) is 17.4 Å². The van der Waals surface area contributed by atoms with Gasteiger partial charge in [-0.1, -0.05) is 26.0 Å². The molecule has 106 valence electrons. The van der Waals surface area contributed by atoms with Crippen LogP contribution in [-0.4, -0.2) is 0 Å². The highest BCUT2D eigenvalue weighted by Gasteiger charge is 2.32. The summed E-state index contributed by atoms with van der Waals surface area (Å²) in [5.74, 6) is 5.46. The summed E-state index contributed by atoms with van der Waals surface area (Å²) in [5, 5.41) is 0. The highest BCUT2D eigenvalue weighted by Crippen LogP contribution is 2.40. The van der Waals surface area contributed by atoms with Crippen LogP contribution in [0.2, 0.25) is 0 Å². The summed E-state index contributed by atoms with van der Waals surface area (Å²) in [6.07, 6.45) is 3.18. The summed E-state index contributed by atoms with van der Waals surface area (Å²) in [6, 6.07) is 3.97.